The lowest BCUT2D eigenvalue weighted by Gasteiger charge is -2.30. The van der Waals surface area contributed by atoms with Crippen molar-refractivity contribution in [3.8, 4) is 0 Å². The largest absolute Gasteiger partial charge is 0.314 e. The van der Waals surface area contributed by atoms with E-state index in [9.17, 15) is 0 Å². The van der Waals surface area contributed by atoms with E-state index in [1.165, 1.54) is 5.56 Å². The molecule has 0 bridgehead atoms. The van der Waals surface area contributed by atoms with Gasteiger partial charge in [-0.1, -0.05) is 0 Å². The van der Waals surface area contributed by atoms with Crippen LogP contribution in [-0.2, 0) is 6.54 Å². The van der Waals surface area contributed by atoms with Crippen LogP contribution in [0.1, 0.15) is 19.4 Å². The topological polar surface area (TPSA) is 28.2 Å². The van der Waals surface area contributed by atoms with Crippen LogP contribution in [0.4, 0.5) is 0 Å². The SMILES string of the molecule is CNC(C)(C)CN(C)Cc1ccncc1. The molecule has 0 unspecified atom stereocenters. The van der Waals surface area contributed by atoms with Crippen molar-refractivity contribution in [3.63, 3.8) is 0 Å². The summed E-state index contributed by atoms with van der Waals surface area (Å²) in [5.41, 5.74) is 1.46. The number of hydrogen-bond acceptors (Lipinski definition) is 3. The molecule has 1 rings (SSSR count). The van der Waals surface area contributed by atoms with Crippen molar-refractivity contribution in [2.24, 2.45) is 0 Å². The van der Waals surface area contributed by atoms with Gasteiger partial charge in [0.15, 0.2) is 0 Å². The second-order valence-electron chi connectivity index (χ2n) is 4.66. The van der Waals surface area contributed by atoms with Gasteiger partial charge in [-0.2, -0.15) is 0 Å². The molecule has 1 heterocycles. The van der Waals surface area contributed by atoms with Crippen LogP contribution in [0.15, 0.2) is 24.5 Å². The standard InChI is InChI=1S/C12H21N3/c1-12(2,13-3)10-15(4)9-11-5-7-14-8-6-11/h5-8,13H,9-10H2,1-4H3. The number of nitrogens with zero attached hydrogens (tertiary/aromatic N) is 2. The van der Waals surface area contributed by atoms with Crippen LogP contribution >= 0.6 is 0 Å². The predicted octanol–water partition coefficient (Wildman–Crippen LogP) is 1.51. The van der Waals surface area contributed by atoms with Crippen molar-refractivity contribution in [1.29, 1.82) is 0 Å². The predicted molar refractivity (Wildman–Crippen MR) is 63.7 cm³/mol. The smallest absolute Gasteiger partial charge is 0.0271 e. The van der Waals surface area contributed by atoms with E-state index in [0.717, 1.165) is 13.1 Å². The molecule has 0 aliphatic heterocycles. The van der Waals surface area contributed by atoms with E-state index in [2.05, 4.69) is 48.2 Å². The molecule has 0 atom stereocenters. The summed E-state index contributed by atoms with van der Waals surface area (Å²) in [5.74, 6) is 0. The number of rotatable bonds is 5. The third-order valence-corrected chi connectivity index (χ3v) is 2.54. The van der Waals surface area contributed by atoms with Gasteiger partial charge < -0.3 is 10.2 Å². The Morgan fingerprint density at radius 3 is 2.47 bits per heavy atom. The van der Waals surface area contributed by atoms with Crippen molar-refractivity contribution < 1.29 is 0 Å². The van der Waals surface area contributed by atoms with Gasteiger partial charge in [-0.05, 0) is 45.6 Å². The summed E-state index contributed by atoms with van der Waals surface area (Å²) >= 11 is 0. The van der Waals surface area contributed by atoms with Crippen molar-refractivity contribution in [2.45, 2.75) is 25.9 Å². The molecule has 0 aromatic carbocycles. The molecule has 0 saturated carbocycles. The quantitative estimate of drug-likeness (QED) is 0.793. The molecular weight excluding hydrogens is 186 g/mol. The lowest BCUT2D eigenvalue weighted by molar-refractivity contribution is 0.238. The highest BCUT2D eigenvalue weighted by molar-refractivity contribution is 5.09. The first-order valence-corrected chi connectivity index (χ1v) is 5.30. The third kappa shape index (κ3) is 4.40. The zero-order chi connectivity index (χ0) is 11.3. The van der Waals surface area contributed by atoms with Crippen LogP contribution in [0.3, 0.4) is 0 Å². The van der Waals surface area contributed by atoms with Crippen LogP contribution < -0.4 is 5.32 Å². The first-order chi connectivity index (χ1) is 7.03. The Labute approximate surface area is 92.5 Å². The normalized spacial score (nSPS) is 12.1. The molecule has 3 heteroatoms. The number of nitrogens with one attached hydrogen (secondary N) is 1. The molecule has 15 heavy (non-hydrogen) atoms. The highest BCUT2D eigenvalue weighted by atomic mass is 15.1. The fraction of sp³-hybridized carbons (Fsp3) is 0.583. The number of hydrogen-bond donors (Lipinski definition) is 1. The van der Waals surface area contributed by atoms with Crippen LogP contribution in [-0.4, -0.2) is 36.1 Å². The Kier molecular flexibility index (Phi) is 4.24. The average Bonchev–Trinajstić information content (AvgIpc) is 2.18. The molecule has 0 fully saturated rings. The molecule has 0 spiro atoms. The molecule has 3 nitrogen and oxygen atoms in total. The molecule has 1 N–H and O–H groups in total. The number of aromatic nitrogens is 1. The molecular formula is C12H21N3. The molecule has 0 radical (unpaired) electrons. The van der Waals surface area contributed by atoms with Crippen LogP contribution in [0.5, 0.6) is 0 Å². The van der Waals surface area contributed by atoms with E-state index in [1.807, 2.05) is 19.4 Å². The van der Waals surface area contributed by atoms with Crippen LogP contribution in [0.25, 0.3) is 0 Å². The first kappa shape index (κ1) is 12.1. The molecule has 0 aliphatic rings. The van der Waals surface area contributed by atoms with Gasteiger partial charge in [0.2, 0.25) is 0 Å². The summed E-state index contributed by atoms with van der Waals surface area (Å²) < 4.78 is 0. The maximum absolute atomic E-state index is 4.01. The second-order valence-corrected chi connectivity index (χ2v) is 4.66. The Morgan fingerprint density at radius 1 is 1.33 bits per heavy atom. The van der Waals surface area contributed by atoms with E-state index in [4.69, 9.17) is 0 Å². The van der Waals surface area contributed by atoms with E-state index >= 15 is 0 Å². The van der Waals surface area contributed by atoms with Crippen molar-refractivity contribution in [1.82, 2.24) is 15.2 Å². The summed E-state index contributed by atoms with van der Waals surface area (Å²) in [6.07, 6.45) is 3.68. The van der Waals surface area contributed by atoms with Gasteiger partial charge in [-0.3, -0.25) is 4.98 Å². The zero-order valence-electron chi connectivity index (χ0n) is 10.1. The minimum atomic E-state index is 0.155. The Hall–Kier alpha value is -0.930. The van der Waals surface area contributed by atoms with Gasteiger partial charge in [0.05, 0.1) is 0 Å². The maximum Gasteiger partial charge on any atom is 0.0271 e. The summed E-state index contributed by atoms with van der Waals surface area (Å²) in [6, 6.07) is 4.12. The Balaban J connectivity index is 2.46. The highest BCUT2D eigenvalue weighted by Crippen LogP contribution is 2.07. The average molecular weight is 207 g/mol. The molecule has 1 aromatic heterocycles. The first-order valence-electron chi connectivity index (χ1n) is 5.30. The highest BCUT2D eigenvalue weighted by Gasteiger charge is 2.16. The van der Waals surface area contributed by atoms with E-state index in [1.54, 1.807) is 0 Å². The lowest BCUT2D eigenvalue weighted by atomic mass is 10.1. The van der Waals surface area contributed by atoms with Gasteiger partial charge in [0, 0.05) is 31.0 Å². The molecule has 0 amide bonds. The van der Waals surface area contributed by atoms with Gasteiger partial charge in [0.25, 0.3) is 0 Å². The maximum atomic E-state index is 4.01. The van der Waals surface area contributed by atoms with Gasteiger partial charge >= 0.3 is 0 Å². The summed E-state index contributed by atoms with van der Waals surface area (Å²) in [4.78, 5) is 6.32. The van der Waals surface area contributed by atoms with E-state index in [-0.39, 0.29) is 5.54 Å². The number of pyridine rings is 1. The fourth-order valence-electron chi connectivity index (χ4n) is 1.61. The van der Waals surface area contributed by atoms with Crippen LogP contribution in [0, 0.1) is 0 Å². The summed E-state index contributed by atoms with van der Waals surface area (Å²) in [5, 5.41) is 3.30. The lowest BCUT2D eigenvalue weighted by Crippen LogP contribution is -2.46. The van der Waals surface area contributed by atoms with Gasteiger partial charge in [-0.25, -0.2) is 0 Å². The monoisotopic (exact) mass is 207 g/mol. The third-order valence-electron chi connectivity index (χ3n) is 2.54. The van der Waals surface area contributed by atoms with E-state index < -0.39 is 0 Å². The minimum absolute atomic E-state index is 0.155. The van der Waals surface area contributed by atoms with Crippen LogP contribution in [0.2, 0.25) is 0 Å². The van der Waals surface area contributed by atoms with Crippen molar-refractivity contribution in [2.75, 3.05) is 20.6 Å². The van der Waals surface area contributed by atoms with Crippen molar-refractivity contribution in [3.05, 3.63) is 30.1 Å². The Bertz CT molecular complexity index is 282. The Morgan fingerprint density at radius 2 is 1.93 bits per heavy atom. The summed E-state index contributed by atoms with van der Waals surface area (Å²) in [7, 11) is 4.14. The fourth-order valence-corrected chi connectivity index (χ4v) is 1.61. The molecule has 0 aliphatic carbocycles. The zero-order valence-corrected chi connectivity index (χ0v) is 10.1. The van der Waals surface area contributed by atoms with Gasteiger partial charge in [0.1, 0.15) is 0 Å². The second kappa shape index (κ2) is 5.24. The molecule has 84 valence electrons. The minimum Gasteiger partial charge on any atom is -0.314 e. The number of likely N-dealkylation sites (N-methyl/N-ethyl adjacent to an activating group) is 2. The van der Waals surface area contributed by atoms with Crippen molar-refractivity contribution >= 4 is 0 Å². The molecule has 1 aromatic rings. The summed E-state index contributed by atoms with van der Waals surface area (Å²) in [6.45, 7) is 6.39. The van der Waals surface area contributed by atoms with Gasteiger partial charge in [-0.15, -0.1) is 0 Å². The van der Waals surface area contributed by atoms with E-state index in [0.29, 0.717) is 0 Å². The molecule has 0 saturated heterocycles.